The molecule has 0 aliphatic heterocycles. The molecule has 5 heavy (non-hydrogen) atoms. The summed E-state index contributed by atoms with van der Waals surface area (Å²) in [6.45, 7) is 0. The van der Waals surface area contributed by atoms with Gasteiger partial charge in [-0.05, 0) is 0 Å². The fraction of sp³-hybridized carbons (Fsp3) is 1.00. The average molecular weight is 140 g/mol. The zero-order valence-corrected chi connectivity index (χ0v) is 4.27. The Morgan fingerprint density at radius 3 is 2.20 bits per heavy atom. The molecule has 1 atom stereocenters. The maximum atomic E-state index is 7.97. The lowest BCUT2D eigenvalue weighted by atomic mass is 10.8. The van der Waals surface area contributed by atoms with Crippen molar-refractivity contribution in [3.63, 3.8) is 0 Å². The van der Waals surface area contributed by atoms with Gasteiger partial charge in [0.2, 0.25) is 0 Å². The number of rotatable bonds is 1. The van der Waals surface area contributed by atoms with Crippen LogP contribution in [0.15, 0.2) is 0 Å². The molecule has 0 fully saturated rings. The fourth-order valence-electron chi connectivity index (χ4n) is 0. The monoisotopic (exact) mass is 139 g/mol. The Morgan fingerprint density at radius 1 is 2.00 bits per heavy atom. The second-order valence-corrected chi connectivity index (χ2v) is 1.87. The molecule has 32 valence electrons. The van der Waals surface area contributed by atoms with Crippen molar-refractivity contribution in [3.05, 3.63) is 0 Å². The topological polar surface area (TPSA) is 46.2 Å². The number of halogens is 1. The highest BCUT2D eigenvalue weighted by molar-refractivity contribution is 9.09. The minimum atomic E-state index is -0.248. The van der Waals surface area contributed by atoms with Crippen LogP contribution in [0.2, 0.25) is 0 Å². The first-order valence-corrected chi connectivity index (χ1v) is 2.19. The molecule has 0 aromatic carbocycles. The number of aliphatic hydroxyl groups excluding tert-OH is 1. The van der Waals surface area contributed by atoms with Gasteiger partial charge in [-0.15, -0.1) is 0 Å². The van der Waals surface area contributed by atoms with Crippen molar-refractivity contribution in [2.24, 2.45) is 5.73 Å². The molecule has 1 unspecified atom stereocenters. The van der Waals surface area contributed by atoms with Gasteiger partial charge in [-0.1, -0.05) is 15.9 Å². The van der Waals surface area contributed by atoms with E-state index in [1.165, 1.54) is 0 Å². The molecule has 2 nitrogen and oxygen atoms in total. The van der Waals surface area contributed by atoms with Gasteiger partial charge in [0.1, 0.15) is 0 Å². The van der Waals surface area contributed by atoms with Crippen LogP contribution >= 0.6 is 15.9 Å². The first-order valence-electron chi connectivity index (χ1n) is 1.28. The maximum absolute atomic E-state index is 7.97. The number of hydrogen-bond acceptors (Lipinski definition) is 2. The third kappa shape index (κ3) is 4.40. The van der Waals surface area contributed by atoms with E-state index in [0.717, 1.165) is 0 Å². The Morgan fingerprint density at radius 2 is 2.20 bits per heavy atom. The first kappa shape index (κ1) is 5.40. The van der Waals surface area contributed by atoms with Crippen molar-refractivity contribution in [1.29, 1.82) is 0 Å². The summed E-state index contributed by atoms with van der Waals surface area (Å²) < 4.78 is 0. The Labute approximate surface area is 39.1 Å². The smallest absolute Gasteiger partial charge is 0.0840 e. The lowest BCUT2D eigenvalue weighted by Crippen LogP contribution is -2.14. The molecular weight excluding hydrogens is 134 g/mol. The van der Waals surface area contributed by atoms with Crippen molar-refractivity contribution < 1.29 is 5.11 Å². The molecule has 0 bridgehead atoms. The van der Waals surface area contributed by atoms with Crippen LogP contribution in [0.4, 0.5) is 0 Å². The van der Waals surface area contributed by atoms with Crippen molar-refractivity contribution in [1.82, 2.24) is 0 Å². The van der Waals surface area contributed by atoms with Gasteiger partial charge in [0.15, 0.2) is 0 Å². The summed E-state index contributed by atoms with van der Waals surface area (Å²) in [6.07, 6.45) is 0. The van der Waals surface area contributed by atoms with E-state index in [1.54, 1.807) is 0 Å². The van der Waals surface area contributed by atoms with Crippen molar-refractivity contribution in [2.45, 2.75) is 4.95 Å². The Bertz CT molecular complexity index is 23.6. The molecule has 3 N–H and O–H groups in total. The number of nitrogens with two attached hydrogens (primary N) is 1. The second-order valence-electron chi connectivity index (χ2n) is 0.699. The first-order chi connectivity index (χ1) is 2.27. The van der Waals surface area contributed by atoms with E-state index in [4.69, 9.17) is 10.8 Å². The van der Waals surface area contributed by atoms with Gasteiger partial charge in [-0.3, -0.25) is 0 Å². The highest BCUT2D eigenvalue weighted by Crippen LogP contribution is 1.82. The van der Waals surface area contributed by atoms with Crippen LogP contribution < -0.4 is 5.73 Å². The maximum Gasteiger partial charge on any atom is 0.0840 e. The van der Waals surface area contributed by atoms with Gasteiger partial charge in [-0.2, -0.15) is 0 Å². The molecule has 0 aromatic rings. The fourth-order valence-corrected chi connectivity index (χ4v) is 0. The van der Waals surface area contributed by atoms with Crippen molar-refractivity contribution >= 4 is 15.9 Å². The van der Waals surface area contributed by atoms with Gasteiger partial charge < -0.3 is 10.8 Å². The minimum absolute atomic E-state index is 0. The summed E-state index contributed by atoms with van der Waals surface area (Å²) >= 11 is 2.90. The van der Waals surface area contributed by atoms with Crippen LogP contribution in [0, 0.1) is 0 Å². The summed E-state index contributed by atoms with van der Waals surface area (Å²) in [5, 5.41) is 7.97. The lowest BCUT2D eigenvalue weighted by Gasteiger charge is -1.88. The highest BCUT2D eigenvalue weighted by Gasteiger charge is 1.84. The van der Waals surface area contributed by atoms with Crippen molar-refractivity contribution in [3.8, 4) is 0 Å². The quantitative estimate of drug-likeness (QED) is 0.386. The Balaban J connectivity index is 2.54. The zero-order valence-electron chi connectivity index (χ0n) is 2.69. The van der Waals surface area contributed by atoms with Gasteiger partial charge >= 0.3 is 0 Å². The predicted molar refractivity (Wildman–Crippen MR) is 24.0 cm³/mol. The molecule has 0 amide bonds. The molecule has 0 heterocycles. The van der Waals surface area contributed by atoms with Gasteiger partial charge in [0.25, 0.3) is 0 Å². The zero-order chi connectivity index (χ0) is 4.28. The third-order valence-electron chi connectivity index (χ3n) is 0.174. The second kappa shape index (κ2) is 2.63. The summed E-state index contributed by atoms with van der Waals surface area (Å²) in [7, 11) is 0. The van der Waals surface area contributed by atoms with Gasteiger partial charge in [0.05, 0.1) is 11.6 Å². The van der Waals surface area contributed by atoms with Crippen LogP contribution in [0.5, 0.6) is 0 Å². The Kier molecular flexibility index (Phi) is 2.84. The molecule has 0 aromatic heterocycles. The van der Waals surface area contributed by atoms with E-state index in [0.29, 0.717) is 0 Å². The van der Waals surface area contributed by atoms with Crippen LogP contribution in [-0.2, 0) is 0 Å². The summed E-state index contributed by atoms with van der Waals surface area (Å²) in [6, 6.07) is 0. The summed E-state index contributed by atoms with van der Waals surface area (Å²) in [5.41, 5.74) is 4.96. The number of hydrogen-bond donors (Lipinski definition) is 2. The lowest BCUT2D eigenvalue weighted by molar-refractivity contribution is 0.298. The largest absolute Gasteiger partial charge is 0.394 e. The molecule has 0 aliphatic carbocycles. The summed E-state index contributed by atoms with van der Waals surface area (Å²) in [4.78, 5) is -0.248. The standard InChI is InChI=1S/C2H6BrNO/c3-2(4)1-5/h2,5H,1,4H2. The Hall–Kier alpha value is 0.400. The van der Waals surface area contributed by atoms with Gasteiger partial charge in [0, 0.05) is 0 Å². The SMILES string of the molecule is NC(Br)CO. The molecular formula is C2H6BrNO. The molecule has 0 saturated carbocycles. The van der Waals surface area contributed by atoms with E-state index in [2.05, 4.69) is 15.9 Å². The van der Waals surface area contributed by atoms with Gasteiger partial charge in [-0.25, -0.2) is 0 Å². The van der Waals surface area contributed by atoms with Crippen LogP contribution in [0.25, 0.3) is 0 Å². The normalized spacial score (nSPS) is 15.0. The molecule has 0 saturated heterocycles. The molecule has 0 radical (unpaired) electrons. The van der Waals surface area contributed by atoms with Crippen LogP contribution in [0.3, 0.4) is 0 Å². The van der Waals surface area contributed by atoms with E-state index in [1.807, 2.05) is 0 Å². The number of alkyl halides is 1. The average Bonchev–Trinajstić information content (AvgIpc) is 1.38. The van der Waals surface area contributed by atoms with Crippen LogP contribution in [-0.4, -0.2) is 16.7 Å². The minimum Gasteiger partial charge on any atom is -0.394 e. The molecule has 3 heteroatoms. The summed E-state index contributed by atoms with van der Waals surface area (Å²) in [5.74, 6) is 0. The molecule has 0 aliphatic rings. The van der Waals surface area contributed by atoms with E-state index >= 15 is 0 Å². The van der Waals surface area contributed by atoms with Crippen molar-refractivity contribution in [2.75, 3.05) is 6.61 Å². The van der Waals surface area contributed by atoms with E-state index in [9.17, 15) is 0 Å². The molecule has 0 rings (SSSR count). The highest BCUT2D eigenvalue weighted by atomic mass is 79.9. The van der Waals surface area contributed by atoms with E-state index in [-0.39, 0.29) is 11.6 Å². The number of aliphatic hydroxyl groups is 1. The van der Waals surface area contributed by atoms with Crippen LogP contribution in [0.1, 0.15) is 0 Å². The predicted octanol–water partition coefficient (Wildman–Crippen LogP) is -0.342. The third-order valence-corrected chi connectivity index (χ3v) is 0.464. The van der Waals surface area contributed by atoms with E-state index < -0.39 is 0 Å². The molecule has 0 spiro atoms.